The van der Waals surface area contributed by atoms with Crippen LogP contribution in [0.1, 0.15) is 16.7 Å². The first-order chi connectivity index (χ1) is 10.6. The average Bonchev–Trinajstić information content (AvgIpc) is 2.93. The Balaban J connectivity index is 1.80. The Morgan fingerprint density at radius 2 is 1.77 bits per heavy atom. The third-order valence-electron chi connectivity index (χ3n) is 3.40. The van der Waals surface area contributed by atoms with E-state index >= 15 is 0 Å². The van der Waals surface area contributed by atoms with E-state index in [0.717, 1.165) is 21.1 Å². The number of halogens is 1. The summed E-state index contributed by atoms with van der Waals surface area (Å²) in [7, 11) is 0. The first-order valence-electron chi connectivity index (χ1n) is 7.03. The molecule has 2 nitrogen and oxygen atoms in total. The molecule has 0 radical (unpaired) electrons. The molecule has 0 spiro atoms. The SMILES string of the molecule is Cc1cccc(C)c1N=C1OC/C(=C/c2ccc(Cl)cc2)[Se]1. The fourth-order valence-corrected chi connectivity index (χ4v) is 4.04. The van der Waals surface area contributed by atoms with Crippen LogP contribution in [0.4, 0.5) is 5.69 Å². The quantitative estimate of drug-likeness (QED) is 0.695. The molecule has 2 aromatic rings. The Morgan fingerprint density at radius 3 is 2.45 bits per heavy atom. The minimum absolute atomic E-state index is 0.147. The van der Waals surface area contributed by atoms with Crippen molar-refractivity contribution >= 4 is 43.1 Å². The Morgan fingerprint density at radius 1 is 1.09 bits per heavy atom. The van der Waals surface area contributed by atoms with Crippen LogP contribution in [0, 0.1) is 13.8 Å². The van der Waals surface area contributed by atoms with Gasteiger partial charge in [0.25, 0.3) is 0 Å². The molecule has 112 valence electrons. The van der Waals surface area contributed by atoms with E-state index in [1.54, 1.807) is 0 Å². The molecule has 0 aromatic heterocycles. The molecule has 0 bridgehead atoms. The van der Waals surface area contributed by atoms with Gasteiger partial charge in [-0.1, -0.05) is 0 Å². The molecule has 1 heterocycles. The summed E-state index contributed by atoms with van der Waals surface area (Å²) in [5, 5.41) is 0.757. The maximum absolute atomic E-state index is 5.91. The summed E-state index contributed by atoms with van der Waals surface area (Å²) in [6.45, 7) is 4.80. The number of benzene rings is 2. The van der Waals surface area contributed by atoms with Crippen LogP contribution in [0.5, 0.6) is 0 Å². The Kier molecular flexibility index (Phi) is 4.68. The molecule has 1 aliphatic heterocycles. The van der Waals surface area contributed by atoms with Gasteiger partial charge in [-0.2, -0.15) is 0 Å². The first-order valence-corrected chi connectivity index (χ1v) is 9.12. The van der Waals surface area contributed by atoms with Crippen LogP contribution in [0.2, 0.25) is 5.02 Å². The van der Waals surface area contributed by atoms with Crippen LogP contribution in [0.3, 0.4) is 0 Å². The van der Waals surface area contributed by atoms with Crippen molar-refractivity contribution in [2.45, 2.75) is 13.8 Å². The summed E-state index contributed by atoms with van der Waals surface area (Å²) < 4.78 is 7.05. The number of ether oxygens (including phenoxy) is 1. The summed E-state index contributed by atoms with van der Waals surface area (Å²) in [6, 6.07) is 14.1. The number of hydrogen-bond acceptors (Lipinski definition) is 2. The number of nitrogens with zero attached hydrogens (tertiary/aromatic N) is 1. The van der Waals surface area contributed by atoms with Gasteiger partial charge in [-0.3, -0.25) is 0 Å². The standard InChI is InChI=1S/C18H16ClNOSe/c1-12-4-3-5-13(2)17(12)20-18-21-11-16(22-18)10-14-6-8-15(19)9-7-14/h3-10H,11H2,1-2H3/b16-10-,20-18?. The zero-order valence-corrected chi connectivity index (χ0v) is 14.9. The molecule has 0 amide bonds. The second-order valence-corrected chi connectivity index (χ2v) is 7.87. The molecule has 2 aromatic carbocycles. The monoisotopic (exact) mass is 377 g/mol. The molecule has 22 heavy (non-hydrogen) atoms. The van der Waals surface area contributed by atoms with Gasteiger partial charge in [-0.25, -0.2) is 0 Å². The van der Waals surface area contributed by atoms with E-state index in [0.29, 0.717) is 6.61 Å². The third kappa shape index (κ3) is 3.61. The van der Waals surface area contributed by atoms with Crippen LogP contribution in [-0.2, 0) is 4.74 Å². The van der Waals surface area contributed by atoms with Crippen molar-refractivity contribution in [3.8, 4) is 0 Å². The van der Waals surface area contributed by atoms with Crippen molar-refractivity contribution in [1.29, 1.82) is 0 Å². The summed E-state index contributed by atoms with van der Waals surface area (Å²) in [5.41, 5.74) is 4.55. The van der Waals surface area contributed by atoms with Gasteiger partial charge in [0.2, 0.25) is 0 Å². The van der Waals surface area contributed by atoms with Crippen LogP contribution in [0.25, 0.3) is 6.08 Å². The molecular formula is C18H16ClNOSe. The summed E-state index contributed by atoms with van der Waals surface area (Å²) >= 11 is 6.06. The van der Waals surface area contributed by atoms with Crippen molar-refractivity contribution < 1.29 is 4.74 Å². The maximum atomic E-state index is 5.91. The van der Waals surface area contributed by atoms with Crippen molar-refractivity contribution in [3.05, 3.63) is 68.6 Å². The van der Waals surface area contributed by atoms with E-state index in [1.165, 1.54) is 15.6 Å². The molecule has 1 fully saturated rings. The molecule has 1 aliphatic rings. The molecule has 3 rings (SSSR count). The number of rotatable bonds is 2. The number of para-hydroxylation sites is 1. The molecule has 0 N–H and O–H groups in total. The topological polar surface area (TPSA) is 21.6 Å². The van der Waals surface area contributed by atoms with Gasteiger partial charge in [0.15, 0.2) is 0 Å². The minimum atomic E-state index is 0.147. The van der Waals surface area contributed by atoms with Gasteiger partial charge in [0.05, 0.1) is 0 Å². The molecule has 0 unspecified atom stereocenters. The fraction of sp³-hybridized carbons (Fsp3) is 0.167. The Bertz CT molecular complexity index is 730. The van der Waals surface area contributed by atoms with Gasteiger partial charge >= 0.3 is 142 Å². The van der Waals surface area contributed by atoms with Crippen molar-refractivity contribution in [2.24, 2.45) is 4.99 Å². The number of aryl methyl sites for hydroxylation is 2. The average molecular weight is 377 g/mol. The summed E-state index contributed by atoms with van der Waals surface area (Å²) in [5.74, 6) is 0. The first kappa shape index (κ1) is 15.4. The van der Waals surface area contributed by atoms with Crippen molar-refractivity contribution in [3.63, 3.8) is 0 Å². The molecule has 0 atom stereocenters. The van der Waals surface area contributed by atoms with Gasteiger partial charge in [-0.05, 0) is 0 Å². The van der Waals surface area contributed by atoms with Crippen molar-refractivity contribution in [2.75, 3.05) is 6.61 Å². The molecule has 4 heteroatoms. The number of aliphatic imine (C=N–C) groups is 1. The van der Waals surface area contributed by atoms with E-state index in [2.05, 4.69) is 38.1 Å². The Labute approximate surface area is 142 Å². The second kappa shape index (κ2) is 6.70. The van der Waals surface area contributed by atoms with E-state index in [4.69, 9.17) is 21.3 Å². The predicted octanol–water partition coefficient (Wildman–Crippen LogP) is 4.72. The zero-order chi connectivity index (χ0) is 15.5. The fourth-order valence-electron chi connectivity index (χ4n) is 2.25. The molecule has 0 saturated carbocycles. The van der Waals surface area contributed by atoms with Crippen LogP contribution < -0.4 is 0 Å². The van der Waals surface area contributed by atoms with E-state index in [9.17, 15) is 0 Å². The van der Waals surface area contributed by atoms with Gasteiger partial charge < -0.3 is 0 Å². The third-order valence-corrected chi connectivity index (χ3v) is 5.50. The van der Waals surface area contributed by atoms with Crippen LogP contribution in [-0.4, -0.2) is 26.4 Å². The summed E-state index contributed by atoms with van der Waals surface area (Å²) in [4.78, 5) is 5.58. The van der Waals surface area contributed by atoms with Crippen molar-refractivity contribution in [1.82, 2.24) is 0 Å². The number of hydrogen-bond donors (Lipinski definition) is 0. The van der Waals surface area contributed by atoms with Crippen LogP contribution >= 0.6 is 11.6 Å². The zero-order valence-electron chi connectivity index (χ0n) is 12.5. The molecular weight excluding hydrogens is 361 g/mol. The van der Waals surface area contributed by atoms with E-state index < -0.39 is 0 Å². The predicted molar refractivity (Wildman–Crippen MR) is 94.1 cm³/mol. The molecule has 1 saturated heterocycles. The Hall–Kier alpha value is -1.54. The van der Waals surface area contributed by atoms with Crippen LogP contribution in [0.15, 0.2) is 51.9 Å². The van der Waals surface area contributed by atoms with Gasteiger partial charge in [-0.15, -0.1) is 0 Å². The normalized spacial score (nSPS) is 18.0. The second-order valence-electron chi connectivity index (χ2n) is 5.17. The summed E-state index contributed by atoms with van der Waals surface area (Å²) in [6.07, 6.45) is 2.17. The molecule has 0 aliphatic carbocycles. The van der Waals surface area contributed by atoms with E-state index in [1.807, 2.05) is 24.3 Å². The van der Waals surface area contributed by atoms with E-state index in [-0.39, 0.29) is 15.0 Å². The van der Waals surface area contributed by atoms with Gasteiger partial charge in [0.1, 0.15) is 0 Å². The van der Waals surface area contributed by atoms with Gasteiger partial charge in [0, 0.05) is 0 Å².